The Labute approximate surface area is 98.3 Å². The largest absolute Gasteiger partial charge is 0.454 e. The van der Waals surface area contributed by atoms with Gasteiger partial charge in [0, 0.05) is 26.1 Å². The van der Waals surface area contributed by atoms with Crippen molar-refractivity contribution in [3.8, 4) is 0 Å². The minimum absolute atomic E-state index is 0.702. The number of nitrogens with one attached hydrogen (secondary N) is 1. The molecule has 1 aliphatic rings. The van der Waals surface area contributed by atoms with Crippen LogP contribution in [0.1, 0.15) is 12.2 Å². The van der Waals surface area contributed by atoms with Gasteiger partial charge in [-0.15, -0.1) is 0 Å². The van der Waals surface area contributed by atoms with Gasteiger partial charge in [0.25, 0.3) is 0 Å². The van der Waals surface area contributed by atoms with E-state index in [9.17, 15) is 0 Å². The number of hydrogen-bond acceptors (Lipinski definition) is 3. The molecule has 1 N–H and O–H groups in total. The van der Waals surface area contributed by atoms with E-state index in [0.717, 1.165) is 43.2 Å². The van der Waals surface area contributed by atoms with E-state index in [1.165, 1.54) is 6.42 Å². The van der Waals surface area contributed by atoms with Crippen LogP contribution in [0.3, 0.4) is 0 Å². The van der Waals surface area contributed by atoms with Gasteiger partial charge in [-0.1, -0.05) is 0 Å². The van der Waals surface area contributed by atoms with Crippen molar-refractivity contribution in [2.24, 2.45) is 5.92 Å². The third-order valence-electron chi connectivity index (χ3n) is 2.63. The van der Waals surface area contributed by atoms with Crippen molar-refractivity contribution < 1.29 is 9.15 Å². The first-order valence-electron chi connectivity index (χ1n) is 5.37. The summed E-state index contributed by atoms with van der Waals surface area (Å²) in [6.45, 7) is 3.87. The van der Waals surface area contributed by atoms with Crippen molar-refractivity contribution in [1.29, 1.82) is 0 Å². The molecule has 4 heteroatoms. The molecular weight excluding hydrogens is 258 g/mol. The van der Waals surface area contributed by atoms with E-state index in [1.807, 2.05) is 12.1 Å². The van der Waals surface area contributed by atoms with Gasteiger partial charge in [0.1, 0.15) is 5.76 Å². The van der Waals surface area contributed by atoms with Gasteiger partial charge in [0.2, 0.25) is 0 Å². The molecule has 0 spiro atoms. The molecule has 1 unspecified atom stereocenters. The summed E-state index contributed by atoms with van der Waals surface area (Å²) in [5.41, 5.74) is 0. The Morgan fingerprint density at radius 3 is 3.07 bits per heavy atom. The van der Waals surface area contributed by atoms with Crippen LogP contribution >= 0.6 is 15.9 Å². The van der Waals surface area contributed by atoms with Crippen LogP contribution in [-0.2, 0) is 11.2 Å². The highest BCUT2D eigenvalue weighted by Crippen LogP contribution is 2.14. The van der Waals surface area contributed by atoms with E-state index in [2.05, 4.69) is 21.2 Å². The Kier molecular flexibility index (Phi) is 4.23. The third-order valence-corrected chi connectivity index (χ3v) is 3.06. The van der Waals surface area contributed by atoms with Gasteiger partial charge in [-0.05, 0) is 40.4 Å². The second kappa shape index (κ2) is 5.68. The first-order chi connectivity index (χ1) is 7.34. The maximum Gasteiger partial charge on any atom is 0.169 e. The van der Waals surface area contributed by atoms with E-state index < -0.39 is 0 Å². The van der Waals surface area contributed by atoms with Crippen LogP contribution in [0, 0.1) is 5.92 Å². The Bertz CT molecular complexity index is 295. The molecule has 0 radical (unpaired) electrons. The monoisotopic (exact) mass is 273 g/mol. The van der Waals surface area contributed by atoms with Crippen LogP contribution in [0.4, 0.5) is 0 Å². The van der Waals surface area contributed by atoms with E-state index in [4.69, 9.17) is 9.15 Å². The molecule has 15 heavy (non-hydrogen) atoms. The van der Waals surface area contributed by atoms with E-state index in [0.29, 0.717) is 5.92 Å². The normalized spacial score (nSPS) is 21.0. The second-order valence-electron chi connectivity index (χ2n) is 3.89. The molecule has 1 aromatic heterocycles. The highest BCUT2D eigenvalue weighted by atomic mass is 79.9. The number of hydrogen-bond donors (Lipinski definition) is 1. The van der Waals surface area contributed by atoms with Crippen molar-refractivity contribution in [2.75, 3.05) is 26.3 Å². The minimum Gasteiger partial charge on any atom is -0.454 e. The highest BCUT2D eigenvalue weighted by molar-refractivity contribution is 9.10. The molecule has 0 bridgehead atoms. The lowest BCUT2D eigenvalue weighted by atomic mass is 10.1. The van der Waals surface area contributed by atoms with Crippen molar-refractivity contribution in [2.45, 2.75) is 12.8 Å². The third kappa shape index (κ3) is 3.63. The smallest absolute Gasteiger partial charge is 0.169 e. The molecule has 2 heterocycles. The number of furan rings is 1. The summed E-state index contributed by atoms with van der Waals surface area (Å²) < 4.78 is 11.5. The van der Waals surface area contributed by atoms with Gasteiger partial charge in [0.15, 0.2) is 4.67 Å². The Hall–Kier alpha value is -0.320. The lowest BCUT2D eigenvalue weighted by Gasteiger charge is -2.08. The molecule has 2 rings (SSSR count). The highest BCUT2D eigenvalue weighted by Gasteiger charge is 2.14. The van der Waals surface area contributed by atoms with E-state index in [-0.39, 0.29) is 0 Å². The second-order valence-corrected chi connectivity index (χ2v) is 4.67. The number of ether oxygens (including phenoxy) is 1. The number of rotatable bonds is 5. The maximum absolute atomic E-state index is 5.41. The van der Waals surface area contributed by atoms with Crippen LogP contribution in [-0.4, -0.2) is 26.3 Å². The van der Waals surface area contributed by atoms with Crippen molar-refractivity contribution >= 4 is 15.9 Å². The average Bonchev–Trinajstić information content (AvgIpc) is 2.84. The van der Waals surface area contributed by atoms with Gasteiger partial charge in [-0.2, -0.15) is 0 Å². The summed E-state index contributed by atoms with van der Waals surface area (Å²) in [7, 11) is 0. The molecule has 0 amide bonds. The molecule has 1 atom stereocenters. The maximum atomic E-state index is 5.41. The predicted molar refractivity (Wildman–Crippen MR) is 61.9 cm³/mol. The zero-order valence-corrected chi connectivity index (χ0v) is 10.3. The molecule has 1 aromatic rings. The van der Waals surface area contributed by atoms with Crippen molar-refractivity contribution in [3.05, 3.63) is 22.6 Å². The molecular formula is C11H16BrNO2. The van der Waals surface area contributed by atoms with Crippen LogP contribution in [0.5, 0.6) is 0 Å². The van der Waals surface area contributed by atoms with Crippen LogP contribution < -0.4 is 5.32 Å². The Morgan fingerprint density at radius 1 is 1.47 bits per heavy atom. The molecule has 1 aliphatic heterocycles. The lowest BCUT2D eigenvalue weighted by molar-refractivity contribution is 0.185. The van der Waals surface area contributed by atoms with Crippen molar-refractivity contribution in [1.82, 2.24) is 5.32 Å². The minimum atomic E-state index is 0.702. The first kappa shape index (κ1) is 11.2. The summed E-state index contributed by atoms with van der Waals surface area (Å²) in [5, 5.41) is 3.43. The number of halogens is 1. The topological polar surface area (TPSA) is 34.4 Å². The van der Waals surface area contributed by atoms with Gasteiger partial charge in [0.05, 0.1) is 6.61 Å². The summed E-state index contributed by atoms with van der Waals surface area (Å²) >= 11 is 3.29. The molecule has 0 aromatic carbocycles. The summed E-state index contributed by atoms with van der Waals surface area (Å²) in [6, 6.07) is 3.94. The lowest BCUT2D eigenvalue weighted by Crippen LogP contribution is -2.25. The SMILES string of the molecule is Brc1ccc(CCNCC2CCOC2)o1. The molecule has 84 valence electrons. The van der Waals surface area contributed by atoms with E-state index >= 15 is 0 Å². The van der Waals surface area contributed by atoms with Crippen molar-refractivity contribution in [3.63, 3.8) is 0 Å². The average molecular weight is 274 g/mol. The molecule has 1 fully saturated rings. The van der Waals surface area contributed by atoms with Crippen LogP contribution in [0.15, 0.2) is 21.2 Å². The van der Waals surface area contributed by atoms with Crippen LogP contribution in [0.25, 0.3) is 0 Å². The van der Waals surface area contributed by atoms with Gasteiger partial charge < -0.3 is 14.5 Å². The standard InChI is InChI=1S/C11H16BrNO2/c12-11-2-1-10(15-11)3-5-13-7-9-4-6-14-8-9/h1-2,9,13H,3-8H2. The van der Waals surface area contributed by atoms with Crippen LogP contribution in [0.2, 0.25) is 0 Å². The Morgan fingerprint density at radius 2 is 2.40 bits per heavy atom. The fraction of sp³-hybridized carbons (Fsp3) is 0.636. The van der Waals surface area contributed by atoms with Gasteiger partial charge >= 0.3 is 0 Å². The predicted octanol–water partition coefficient (Wildman–Crippen LogP) is 2.21. The Balaban J connectivity index is 1.58. The summed E-state index contributed by atoms with van der Waals surface area (Å²) in [4.78, 5) is 0. The molecule has 3 nitrogen and oxygen atoms in total. The van der Waals surface area contributed by atoms with Gasteiger partial charge in [-0.25, -0.2) is 0 Å². The fourth-order valence-electron chi connectivity index (χ4n) is 1.75. The zero-order chi connectivity index (χ0) is 10.5. The van der Waals surface area contributed by atoms with Gasteiger partial charge in [-0.3, -0.25) is 0 Å². The van der Waals surface area contributed by atoms with E-state index in [1.54, 1.807) is 0 Å². The fourth-order valence-corrected chi connectivity index (χ4v) is 2.09. The summed E-state index contributed by atoms with van der Waals surface area (Å²) in [6.07, 6.45) is 2.14. The molecule has 1 saturated heterocycles. The summed E-state index contributed by atoms with van der Waals surface area (Å²) in [5.74, 6) is 1.73. The quantitative estimate of drug-likeness (QED) is 0.836. The first-order valence-corrected chi connectivity index (χ1v) is 6.16. The molecule has 0 aliphatic carbocycles. The molecule has 0 saturated carbocycles. The zero-order valence-electron chi connectivity index (χ0n) is 8.67.